The van der Waals surface area contributed by atoms with Crippen molar-refractivity contribution in [2.45, 2.75) is 65.2 Å². The Labute approximate surface area is 97.6 Å². The highest BCUT2D eigenvalue weighted by atomic mass is 16.1. The molecule has 0 saturated heterocycles. The first-order chi connectivity index (χ1) is 7.56. The summed E-state index contributed by atoms with van der Waals surface area (Å²) in [5, 5.41) is 0. The van der Waals surface area contributed by atoms with E-state index in [1.165, 1.54) is 0 Å². The van der Waals surface area contributed by atoms with Crippen molar-refractivity contribution in [3.8, 4) is 0 Å². The van der Waals surface area contributed by atoms with Crippen LogP contribution in [0.4, 0.5) is 0 Å². The van der Waals surface area contributed by atoms with E-state index in [2.05, 4.69) is 0 Å². The Morgan fingerprint density at radius 3 is 1.88 bits per heavy atom. The van der Waals surface area contributed by atoms with Crippen LogP contribution in [-0.4, -0.2) is 17.3 Å². The highest BCUT2D eigenvalue weighted by Crippen LogP contribution is 2.07. The van der Waals surface area contributed by atoms with Crippen LogP contribution in [0.2, 0.25) is 0 Å². The Balaban J connectivity index is 3.37. The monoisotopic (exact) mass is 226 g/mol. The van der Waals surface area contributed by atoms with Crippen LogP contribution in [-0.2, 0) is 14.4 Å². The second kappa shape index (κ2) is 9.25. The van der Waals surface area contributed by atoms with E-state index in [9.17, 15) is 14.4 Å². The minimum Gasteiger partial charge on any atom is -0.300 e. The number of carbonyl (C=O) groups excluding carboxylic acids is 3. The first-order valence-electron chi connectivity index (χ1n) is 6.09. The minimum atomic E-state index is 0.157. The molecule has 0 amide bonds. The predicted molar refractivity (Wildman–Crippen MR) is 63.3 cm³/mol. The van der Waals surface area contributed by atoms with Crippen LogP contribution in [0.25, 0.3) is 0 Å². The summed E-state index contributed by atoms with van der Waals surface area (Å²) in [6, 6.07) is 0. The molecule has 0 rings (SSSR count). The number of hydrogen-bond acceptors (Lipinski definition) is 3. The van der Waals surface area contributed by atoms with Gasteiger partial charge in [0.1, 0.15) is 17.3 Å². The molecule has 0 spiro atoms. The van der Waals surface area contributed by atoms with Gasteiger partial charge in [0.15, 0.2) is 0 Å². The third-order valence-corrected chi connectivity index (χ3v) is 2.56. The lowest BCUT2D eigenvalue weighted by Gasteiger charge is -2.00. The molecule has 0 radical (unpaired) electrons. The predicted octanol–water partition coefficient (Wildman–Crippen LogP) is 2.85. The maximum Gasteiger partial charge on any atom is 0.133 e. The normalized spacial score (nSPS) is 10.1. The maximum atomic E-state index is 11.3. The van der Waals surface area contributed by atoms with Crippen LogP contribution < -0.4 is 0 Å². The van der Waals surface area contributed by atoms with Gasteiger partial charge >= 0.3 is 0 Å². The van der Waals surface area contributed by atoms with Crippen LogP contribution in [0.3, 0.4) is 0 Å². The molecule has 16 heavy (non-hydrogen) atoms. The van der Waals surface area contributed by atoms with Gasteiger partial charge in [0, 0.05) is 32.1 Å². The van der Waals surface area contributed by atoms with Crippen molar-refractivity contribution in [2.24, 2.45) is 0 Å². The summed E-state index contributed by atoms with van der Waals surface area (Å²) in [6.07, 6.45) is 5.10. The molecule has 0 N–H and O–H groups in total. The summed E-state index contributed by atoms with van der Waals surface area (Å²) in [5.41, 5.74) is 0. The minimum absolute atomic E-state index is 0.157. The molecule has 0 saturated carbocycles. The lowest BCUT2D eigenvalue weighted by molar-refractivity contribution is -0.124. The van der Waals surface area contributed by atoms with Crippen molar-refractivity contribution < 1.29 is 14.4 Å². The molecule has 0 aliphatic carbocycles. The summed E-state index contributed by atoms with van der Waals surface area (Å²) in [5.74, 6) is 0.537. The quantitative estimate of drug-likeness (QED) is 0.538. The molecule has 92 valence electrons. The number of Topliss-reactive ketones (excluding diaryl/α,β-unsaturated/α-hetero) is 3. The van der Waals surface area contributed by atoms with Crippen LogP contribution in [0.5, 0.6) is 0 Å². The average Bonchev–Trinajstić information content (AvgIpc) is 2.24. The zero-order valence-electron chi connectivity index (χ0n) is 10.4. The zero-order chi connectivity index (χ0) is 12.4. The van der Waals surface area contributed by atoms with Crippen LogP contribution in [0.1, 0.15) is 65.2 Å². The second-order valence-electron chi connectivity index (χ2n) is 4.19. The largest absolute Gasteiger partial charge is 0.300 e. The van der Waals surface area contributed by atoms with E-state index in [0.29, 0.717) is 32.1 Å². The van der Waals surface area contributed by atoms with Crippen molar-refractivity contribution >= 4 is 17.3 Å². The van der Waals surface area contributed by atoms with Gasteiger partial charge in [0.25, 0.3) is 0 Å². The highest BCUT2D eigenvalue weighted by molar-refractivity contribution is 5.85. The molecular weight excluding hydrogens is 204 g/mol. The SMILES string of the molecule is CCC(=O)CCC(=O)CCCCCC(C)=O. The van der Waals surface area contributed by atoms with Gasteiger partial charge in [-0.25, -0.2) is 0 Å². The highest BCUT2D eigenvalue weighted by Gasteiger charge is 2.05. The molecule has 0 aliphatic heterocycles. The molecule has 0 aliphatic rings. The Morgan fingerprint density at radius 2 is 1.31 bits per heavy atom. The van der Waals surface area contributed by atoms with Gasteiger partial charge in [-0.15, -0.1) is 0 Å². The van der Waals surface area contributed by atoms with Gasteiger partial charge in [0.05, 0.1) is 0 Å². The third kappa shape index (κ3) is 9.56. The summed E-state index contributed by atoms with van der Waals surface area (Å²) < 4.78 is 0. The zero-order valence-corrected chi connectivity index (χ0v) is 10.4. The first-order valence-corrected chi connectivity index (χ1v) is 6.09. The fraction of sp³-hybridized carbons (Fsp3) is 0.769. The van der Waals surface area contributed by atoms with E-state index in [1.54, 1.807) is 6.92 Å². The van der Waals surface area contributed by atoms with Crippen molar-refractivity contribution in [2.75, 3.05) is 0 Å². The Morgan fingerprint density at radius 1 is 0.750 bits per heavy atom. The van der Waals surface area contributed by atoms with Gasteiger partial charge in [0.2, 0.25) is 0 Å². The van der Waals surface area contributed by atoms with E-state index in [0.717, 1.165) is 19.3 Å². The van der Waals surface area contributed by atoms with Gasteiger partial charge in [-0.3, -0.25) is 9.59 Å². The molecule has 0 unspecified atom stereocenters. The molecule has 0 aromatic rings. The average molecular weight is 226 g/mol. The number of unbranched alkanes of at least 4 members (excludes halogenated alkanes) is 2. The number of ketones is 3. The molecule has 0 aromatic carbocycles. The topological polar surface area (TPSA) is 51.2 Å². The second-order valence-corrected chi connectivity index (χ2v) is 4.19. The molecule has 0 aromatic heterocycles. The molecule has 0 heterocycles. The molecule has 3 heteroatoms. The molecule has 0 atom stereocenters. The summed E-state index contributed by atoms with van der Waals surface area (Å²) in [4.78, 5) is 33.0. The van der Waals surface area contributed by atoms with Crippen molar-refractivity contribution in [3.63, 3.8) is 0 Å². The van der Waals surface area contributed by atoms with E-state index >= 15 is 0 Å². The van der Waals surface area contributed by atoms with Crippen molar-refractivity contribution in [3.05, 3.63) is 0 Å². The summed E-state index contributed by atoms with van der Waals surface area (Å²) in [7, 11) is 0. The Hall–Kier alpha value is -0.990. The lowest BCUT2D eigenvalue weighted by Crippen LogP contribution is -2.03. The fourth-order valence-corrected chi connectivity index (χ4v) is 1.45. The summed E-state index contributed by atoms with van der Waals surface area (Å²) >= 11 is 0. The number of hydrogen-bond donors (Lipinski definition) is 0. The Bertz CT molecular complexity index is 244. The smallest absolute Gasteiger partial charge is 0.133 e. The molecule has 3 nitrogen and oxygen atoms in total. The third-order valence-electron chi connectivity index (χ3n) is 2.56. The lowest BCUT2D eigenvalue weighted by atomic mass is 10.0. The van der Waals surface area contributed by atoms with Crippen molar-refractivity contribution in [1.29, 1.82) is 0 Å². The van der Waals surface area contributed by atoms with E-state index < -0.39 is 0 Å². The van der Waals surface area contributed by atoms with E-state index in [-0.39, 0.29) is 17.3 Å². The maximum absolute atomic E-state index is 11.3. The Kier molecular flexibility index (Phi) is 8.68. The van der Waals surface area contributed by atoms with Crippen molar-refractivity contribution in [1.82, 2.24) is 0 Å². The first kappa shape index (κ1) is 15.0. The summed E-state index contributed by atoms with van der Waals surface area (Å²) in [6.45, 7) is 3.40. The van der Waals surface area contributed by atoms with Gasteiger partial charge in [-0.2, -0.15) is 0 Å². The van der Waals surface area contributed by atoms with E-state index in [4.69, 9.17) is 0 Å². The van der Waals surface area contributed by atoms with E-state index in [1.807, 2.05) is 6.92 Å². The number of rotatable bonds is 10. The standard InChI is InChI=1S/C13H22O3/c1-3-12(15)9-10-13(16)8-6-4-5-7-11(2)14/h3-10H2,1-2H3. The molecule has 0 fully saturated rings. The van der Waals surface area contributed by atoms with Crippen LogP contribution in [0, 0.1) is 0 Å². The van der Waals surface area contributed by atoms with Crippen LogP contribution >= 0.6 is 0 Å². The molecule has 0 bridgehead atoms. The van der Waals surface area contributed by atoms with Gasteiger partial charge < -0.3 is 4.79 Å². The fourth-order valence-electron chi connectivity index (χ4n) is 1.45. The van der Waals surface area contributed by atoms with Crippen LogP contribution in [0.15, 0.2) is 0 Å². The van der Waals surface area contributed by atoms with Gasteiger partial charge in [-0.05, 0) is 19.8 Å². The number of carbonyl (C=O) groups is 3. The van der Waals surface area contributed by atoms with Gasteiger partial charge in [-0.1, -0.05) is 13.3 Å². The molecular formula is C13H22O3.